The number of hydrogen-bond acceptors (Lipinski definition) is 6. The van der Waals surface area contributed by atoms with Gasteiger partial charge in [0.05, 0.1) is 0 Å². The van der Waals surface area contributed by atoms with Gasteiger partial charge in [-0.1, -0.05) is 84.9 Å². The summed E-state index contributed by atoms with van der Waals surface area (Å²) in [6.07, 6.45) is 0. The molecule has 0 atom stereocenters. The summed E-state index contributed by atoms with van der Waals surface area (Å²) in [6.45, 7) is 0. The molecule has 0 saturated carbocycles. The van der Waals surface area contributed by atoms with Crippen LogP contribution in [0.5, 0.6) is 0 Å². The van der Waals surface area contributed by atoms with Gasteiger partial charge in [-0.3, -0.25) is 0 Å². The lowest BCUT2D eigenvalue weighted by atomic mass is 10.0. The molecule has 0 spiro atoms. The molecule has 0 amide bonds. The average Bonchev–Trinajstić information content (AvgIpc) is 2.92. The smallest absolute Gasteiger partial charge is 0.190 e. The van der Waals surface area contributed by atoms with Gasteiger partial charge in [0.1, 0.15) is 11.4 Å². The van der Waals surface area contributed by atoms with Crippen molar-refractivity contribution < 1.29 is 0 Å². The summed E-state index contributed by atoms with van der Waals surface area (Å²) in [5.41, 5.74) is 29.8. The molecule has 0 unspecified atom stereocenters. The van der Waals surface area contributed by atoms with Crippen molar-refractivity contribution in [1.29, 1.82) is 0 Å². The van der Waals surface area contributed by atoms with Gasteiger partial charge in [0, 0.05) is 33.6 Å². The normalized spacial score (nSPS) is 13.0. The fraction of sp³-hybridized carbons (Fsp3) is 0. The van der Waals surface area contributed by atoms with E-state index in [1.807, 2.05) is 84.9 Å². The van der Waals surface area contributed by atoms with E-state index in [1.54, 1.807) is 24.3 Å². The lowest BCUT2D eigenvalue weighted by molar-refractivity contribution is 1.20. The van der Waals surface area contributed by atoms with E-state index in [9.17, 15) is 0 Å². The third kappa shape index (κ3) is 6.00. The summed E-state index contributed by atoms with van der Waals surface area (Å²) in [7, 11) is 0. The maximum atomic E-state index is 6.11. The molecule has 4 rings (SSSR count). The zero-order valence-corrected chi connectivity index (χ0v) is 19.5. The lowest BCUT2D eigenvalue weighted by Gasteiger charge is -2.07. The molecular formula is C28H26N8. The van der Waals surface area contributed by atoms with Crippen molar-refractivity contribution >= 4 is 34.5 Å². The molecule has 36 heavy (non-hydrogen) atoms. The first-order chi connectivity index (χ1) is 17.5. The molecule has 8 nitrogen and oxygen atoms in total. The quantitative estimate of drug-likeness (QED) is 0.145. The lowest BCUT2D eigenvalue weighted by Crippen LogP contribution is -2.31. The van der Waals surface area contributed by atoms with Crippen LogP contribution in [0.1, 0.15) is 22.3 Å². The van der Waals surface area contributed by atoms with Crippen molar-refractivity contribution in [3.63, 3.8) is 0 Å². The first-order valence-electron chi connectivity index (χ1n) is 11.2. The minimum Gasteiger partial charge on any atom is -0.399 e. The first kappa shape index (κ1) is 23.9. The first-order valence-corrected chi connectivity index (χ1v) is 11.2. The van der Waals surface area contributed by atoms with E-state index in [2.05, 4.69) is 20.4 Å². The summed E-state index contributed by atoms with van der Waals surface area (Å²) >= 11 is 0. The van der Waals surface area contributed by atoms with Gasteiger partial charge in [-0.15, -0.1) is 20.4 Å². The standard InChI is InChI=1S/C28H26N8/c29-23-15-11-21(12-16-23)25(19-7-3-1-4-8-19)33-35-27(31)28(32)36-34-26(20-9-5-2-6-10-20)22-13-17-24(30)18-14-22/h1-18H,29-30H2,(H2,31,35)(H2,32,36)/b33-25+,34-26+. The SMILES string of the molecule is NC(=N\N=C(/c1ccccc1)c1ccc(N)cc1)/C(N)=N/N=C(\c1ccccc1)c1ccc(N)cc1. The molecule has 0 aliphatic heterocycles. The van der Waals surface area contributed by atoms with Gasteiger partial charge in [-0.05, 0) is 24.3 Å². The Bertz CT molecular complexity index is 1310. The molecule has 0 aliphatic rings. The van der Waals surface area contributed by atoms with Gasteiger partial charge in [0.25, 0.3) is 0 Å². The van der Waals surface area contributed by atoms with Crippen molar-refractivity contribution in [2.45, 2.75) is 0 Å². The van der Waals surface area contributed by atoms with Crippen molar-refractivity contribution in [3.8, 4) is 0 Å². The second kappa shape index (κ2) is 11.3. The second-order valence-electron chi connectivity index (χ2n) is 7.84. The molecule has 8 N–H and O–H groups in total. The third-order valence-electron chi connectivity index (χ3n) is 5.24. The van der Waals surface area contributed by atoms with E-state index in [4.69, 9.17) is 22.9 Å². The van der Waals surface area contributed by atoms with Crippen LogP contribution in [0.15, 0.2) is 130 Å². The van der Waals surface area contributed by atoms with Gasteiger partial charge in [-0.2, -0.15) is 0 Å². The van der Waals surface area contributed by atoms with Crippen molar-refractivity contribution in [3.05, 3.63) is 131 Å². The van der Waals surface area contributed by atoms with Crippen LogP contribution in [0.4, 0.5) is 11.4 Å². The number of benzene rings is 4. The minimum absolute atomic E-state index is 0.0626. The Kier molecular flexibility index (Phi) is 7.47. The van der Waals surface area contributed by atoms with Crippen LogP contribution in [0, 0.1) is 0 Å². The third-order valence-corrected chi connectivity index (χ3v) is 5.24. The zero-order chi connectivity index (χ0) is 25.3. The van der Waals surface area contributed by atoms with Crippen LogP contribution in [-0.4, -0.2) is 23.1 Å². The Labute approximate surface area is 209 Å². The number of hydrogen-bond donors (Lipinski definition) is 4. The second-order valence-corrected chi connectivity index (χ2v) is 7.84. The van der Waals surface area contributed by atoms with Gasteiger partial charge >= 0.3 is 0 Å². The molecule has 8 heteroatoms. The van der Waals surface area contributed by atoms with Gasteiger partial charge in [0.15, 0.2) is 11.7 Å². The molecule has 178 valence electrons. The fourth-order valence-electron chi connectivity index (χ4n) is 3.35. The van der Waals surface area contributed by atoms with Crippen molar-refractivity contribution in [2.75, 3.05) is 11.5 Å². The number of anilines is 2. The highest BCUT2D eigenvalue weighted by Crippen LogP contribution is 2.15. The van der Waals surface area contributed by atoms with Crippen molar-refractivity contribution in [1.82, 2.24) is 0 Å². The van der Waals surface area contributed by atoms with E-state index in [1.165, 1.54) is 0 Å². The largest absolute Gasteiger partial charge is 0.399 e. The molecular weight excluding hydrogens is 448 g/mol. The van der Waals surface area contributed by atoms with Gasteiger partial charge < -0.3 is 22.9 Å². The Morgan fingerprint density at radius 1 is 0.389 bits per heavy atom. The Morgan fingerprint density at radius 3 is 1.03 bits per heavy atom. The van der Waals surface area contributed by atoms with Crippen LogP contribution in [-0.2, 0) is 0 Å². The molecule has 4 aromatic rings. The van der Waals surface area contributed by atoms with E-state index in [0.717, 1.165) is 22.3 Å². The number of rotatable bonds is 6. The predicted molar refractivity (Wildman–Crippen MR) is 149 cm³/mol. The summed E-state index contributed by atoms with van der Waals surface area (Å²) in [5, 5.41) is 17.1. The zero-order valence-electron chi connectivity index (χ0n) is 19.5. The summed E-state index contributed by atoms with van der Waals surface area (Å²) in [4.78, 5) is 0. The molecule has 0 heterocycles. The maximum absolute atomic E-state index is 6.11. The Morgan fingerprint density at radius 2 is 0.694 bits per heavy atom. The number of amidine groups is 2. The molecule has 0 aromatic heterocycles. The Hall–Kier alpha value is -5.24. The van der Waals surface area contributed by atoms with Crippen LogP contribution in [0.25, 0.3) is 0 Å². The fourth-order valence-corrected chi connectivity index (χ4v) is 3.35. The average molecular weight is 475 g/mol. The number of nitrogen functional groups attached to an aromatic ring is 2. The topological polar surface area (TPSA) is 154 Å². The van der Waals surface area contributed by atoms with Crippen molar-refractivity contribution in [2.24, 2.45) is 31.9 Å². The van der Waals surface area contributed by atoms with Crippen LogP contribution in [0.3, 0.4) is 0 Å². The molecule has 4 aromatic carbocycles. The van der Waals surface area contributed by atoms with Crippen LogP contribution in [0.2, 0.25) is 0 Å². The summed E-state index contributed by atoms with van der Waals surface area (Å²) in [6, 6.07) is 33.9. The van der Waals surface area contributed by atoms with E-state index in [-0.39, 0.29) is 11.7 Å². The number of nitrogens with zero attached hydrogens (tertiary/aromatic N) is 4. The highest BCUT2D eigenvalue weighted by molar-refractivity contribution is 6.39. The van der Waals surface area contributed by atoms with E-state index in [0.29, 0.717) is 22.8 Å². The number of nitrogens with two attached hydrogens (primary N) is 4. The minimum atomic E-state index is -0.0626. The highest BCUT2D eigenvalue weighted by Gasteiger charge is 2.09. The molecule has 0 aliphatic carbocycles. The highest BCUT2D eigenvalue weighted by atomic mass is 15.3. The van der Waals surface area contributed by atoms with Gasteiger partial charge in [0.2, 0.25) is 0 Å². The molecule has 0 bridgehead atoms. The van der Waals surface area contributed by atoms with E-state index < -0.39 is 0 Å². The predicted octanol–water partition coefficient (Wildman–Crippen LogP) is 3.77. The Balaban J connectivity index is 1.69. The monoisotopic (exact) mass is 474 g/mol. The van der Waals surface area contributed by atoms with Crippen LogP contribution >= 0.6 is 0 Å². The maximum Gasteiger partial charge on any atom is 0.190 e. The summed E-state index contributed by atoms with van der Waals surface area (Å²) in [5.74, 6) is -0.125. The van der Waals surface area contributed by atoms with Gasteiger partial charge in [-0.25, -0.2) is 0 Å². The van der Waals surface area contributed by atoms with Crippen LogP contribution < -0.4 is 22.9 Å². The molecule has 0 radical (unpaired) electrons. The molecule has 0 saturated heterocycles. The molecule has 0 fully saturated rings. The van der Waals surface area contributed by atoms with E-state index >= 15 is 0 Å². The summed E-state index contributed by atoms with van der Waals surface area (Å²) < 4.78 is 0.